The molecule has 0 aliphatic carbocycles. The third-order valence-corrected chi connectivity index (χ3v) is 13.0. The van der Waals surface area contributed by atoms with Gasteiger partial charge in [0.05, 0.1) is 19.1 Å². The number of primary amides is 1. The van der Waals surface area contributed by atoms with Crippen molar-refractivity contribution in [3.05, 3.63) is 126 Å². The highest BCUT2D eigenvalue weighted by atomic mass is 16.4. The van der Waals surface area contributed by atoms with Gasteiger partial charge in [0.25, 0.3) is 0 Å². The van der Waals surface area contributed by atoms with Crippen LogP contribution in [0.25, 0.3) is 10.9 Å². The molecule has 1 aromatic heterocycles. The van der Waals surface area contributed by atoms with Gasteiger partial charge in [0.15, 0.2) is 0 Å². The smallest absolute Gasteiger partial charge is 0.326 e. The van der Waals surface area contributed by atoms with E-state index in [1.54, 1.807) is 56.4 Å². The number of aliphatic hydroxyl groups excluding tert-OH is 1. The lowest BCUT2D eigenvalue weighted by Gasteiger charge is -2.28. The third-order valence-electron chi connectivity index (χ3n) is 13.0. The predicted molar refractivity (Wildman–Crippen MR) is 296 cm³/mol. The van der Waals surface area contributed by atoms with Gasteiger partial charge in [-0.3, -0.25) is 38.4 Å². The van der Waals surface area contributed by atoms with Crippen molar-refractivity contribution >= 4 is 64.1 Å². The number of aromatic hydroxyl groups is 3. The Balaban J connectivity index is 1.43. The van der Waals surface area contributed by atoms with Crippen molar-refractivity contribution in [1.82, 2.24) is 42.2 Å². The summed E-state index contributed by atoms with van der Waals surface area (Å²) in [7, 11) is 0. The number of nitrogens with one attached hydrogen (secondary N) is 8. The molecule has 0 aliphatic rings. The fourth-order valence-corrected chi connectivity index (χ4v) is 8.79. The van der Waals surface area contributed by atoms with E-state index in [-0.39, 0.29) is 61.2 Å². The van der Waals surface area contributed by atoms with E-state index < -0.39 is 115 Å². The van der Waals surface area contributed by atoms with Gasteiger partial charge < -0.3 is 79.2 Å². The van der Waals surface area contributed by atoms with Crippen molar-refractivity contribution < 1.29 is 68.7 Å². The van der Waals surface area contributed by atoms with E-state index in [0.717, 1.165) is 0 Å². The molecule has 24 nitrogen and oxygen atoms in total. The number of carboxylic acids is 1. The number of para-hydroxylation sites is 1. The fraction of sp³-hybridized carbons (Fsp3) is 0.386. The number of aliphatic carboxylic acids is 1. The molecule has 0 unspecified atom stereocenters. The zero-order chi connectivity index (χ0) is 59.5. The van der Waals surface area contributed by atoms with Crippen LogP contribution in [0.4, 0.5) is 0 Å². The van der Waals surface area contributed by atoms with Crippen LogP contribution in [-0.2, 0) is 68.8 Å². The average Bonchev–Trinajstić information content (AvgIpc) is 3.83. The average molecular weight is 1120 g/mol. The molecule has 0 aliphatic heterocycles. The van der Waals surface area contributed by atoms with Crippen molar-refractivity contribution in [2.24, 2.45) is 23.3 Å². The number of benzene rings is 4. The summed E-state index contributed by atoms with van der Waals surface area (Å²) < 4.78 is 0. The Hall–Kier alpha value is -9.03. The molecule has 8 atom stereocenters. The number of carboxylic acid groups (broad SMARTS) is 1. The van der Waals surface area contributed by atoms with E-state index in [4.69, 9.17) is 11.5 Å². The van der Waals surface area contributed by atoms with Crippen LogP contribution in [-0.4, -0.2) is 139 Å². The molecule has 5 rings (SSSR count). The Morgan fingerprint density at radius 1 is 0.469 bits per heavy atom. The largest absolute Gasteiger partial charge is 0.508 e. The minimum atomic E-state index is -1.78. The molecular weight excluding hydrogens is 1050 g/mol. The van der Waals surface area contributed by atoms with Gasteiger partial charge in [0.2, 0.25) is 47.3 Å². The number of aromatic nitrogens is 1. The third kappa shape index (κ3) is 19.7. The fourth-order valence-electron chi connectivity index (χ4n) is 8.79. The number of carbonyl (C=O) groups is 9. The number of amides is 8. The molecule has 24 heteroatoms. The van der Waals surface area contributed by atoms with E-state index in [1.165, 1.54) is 60.7 Å². The molecule has 0 bridgehead atoms. The van der Waals surface area contributed by atoms with E-state index >= 15 is 0 Å². The quantitative estimate of drug-likeness (QED) is 0.0295. The van der Waals surface area contributed by atoms with Crippen LogP contribution < -0.4 is 48.7 Å². The van der Waals surface area contributed by atoms with Crippen LogP contribution in [0.2, 0.25) is 0 Å². The number of aromatic amines is 1. The van der Waals surface area contributed by atoms with Crippen molar-refractivity contribution in [3.8, 4) is 17.2 Å². The maximum Gasteiger partial charge on any atom is 0.326 e. The van der Waals surface area contributed by atoms with Gasteiger partial charge >= 0.3 is 5.97 Å². The van der Waals surface area contributed by atoms with E-state index in [9.17, 15) is 68.7 Å². The van der Waals surface area contributed by atoms with Gasteiger partial charge in [-0.15, -0.1) is 0 Å². The van der Waals surface area contributed by atoms with Crippen LogP contribution in [0, 0.1) is 11.8 Å². The summed E-state index contributed by atoms with van der Waals surface area (Å²) in [6.45, 7) is 6.20. The van der Waals surface area contributed by atoms with Gasteiger partial charge in [0.1, 0.15) is 59.5 Å². The highest BCUT2D eigenvalue weighted by Gasteiger charge is 2.36. The van der Waals surface area contributed by atoms with Gasteiger partial charge in [-0.1, -0.05) is 82.3 Å². The molecule has 4 aromatic carbocycles. The van der Waals surface area contributed by atoms with Gasteiger partial charge in [-0.25, -0.2) is 4.79 Å². The molecule has 0 fully saturated rings. The molecule has 8 amide bonds. The Kier molecular flexibility index (Phi) is 23.1. The molecule has 81 heavy (non-hydrogen) atoms. The molecule has 0 saturated heterocycles. The zero-order valence-corrected chi connectivity index (χ0v) is 45.3. The Labute approximate surface area is 467 Å². The lowest BCUT2D eigenvalue weighted by atomic mass is 9.99. The number of hydrogen-bond donors (Lipinski definition) is 15. The molecule has 17 N–H and O–H groups in total. The van der Waals surface area contributed by atoms with Crippen LogP contribution in [0.15, 0.2) is 103 Å². The van der Waals surface area contributed by atoms with Gasteiger partial charge in [-0.2, -0.15) is 0 Å². The van der Waals surface area contributed by atoms with Crippen LogP contribution in [0.3, 0.4) is 0 Å². The SMILES string of the molecule is CC(C)C[C@H](NC(=O)[C@H](Cc1ccc(O)cc1)NC(=O)[C@H](CO)NC(=O)[C@H](Cc1c[nH]c2ccccc12)NC(=O)[C@H](Cc1ccc(O)cc1)NC(=O)[C@@H](N)CC(C)C)C(=O)N[C@@H](Cc1ccc(O)cc1)C(=O)N[C@@H](CC(N)=O)C(=O)O. The highest BCUT2D eigenvalue weighted by Crippen LogP contribution is 2.21. The summed E-state index contributed by atoms with van der Waals surface area (Å²) in [6, 6.07) is 12.4. The van der Waals surface area contributed by atoms with E-state index in [0.29, 0.717) is 39.6 Å². The Morgan fingerprint density at radius 3 is 1.23 bits per heavy atom. The summed E-state index contributed by atoms with van der Waals surface area (Å²) in [5.41, 5.74) is 14.1. The predicted octanol–water partition coefficient (Wildman–Crippen LogP) is 0.321. The number of hydrogen-bond acceptors (Lipinski definition) is 14. The first-order valence-corrected chi connectivity index (χ1v) is 26.3. The van der Waals surface area contributed by atoms with Crippen molar-refractivity contribution in [2.45, 2.75) is 121 Å². The Bertz CT molecular complexity index is 2990. The normalized spacial score (nSPS) is 14.2. The molecule has 5 aromatic rings. The van der Waals surface area contributed by atoms with E-state index in [2.05, 4.69) is 42.2 Å². The highest BCUT2D eigenvalue weighted by molar-refractivity contribution is 5.98. The minimum Gasteiger partial charge on any atom is -0.508 e. The van der Waals surface area contributed by atoms with Crippen LogP contribution >= 0.6 is 0 Å². The number of nitrogens with two attached hydrogens (primary N) is 2. The number of phenols is 3. The lowest BCUT2D eigenvalue weighted by molar-refractivity contribution is -0.143. The molecule has 0 saturated carbocycles. The van der Waals surface area contributed by atoms with Crippen LogP contribution in [0.1, 0.15) is 69.2 Å². The van der Waals surface area contributed by atoms with Gasteiger partial charge in [0, 0.05) is 42.8 Å². The van der Waals surface area contributed by atoms with E-state index in [1.807, 2.05) is 13.8 Å². The minimum absolute atomic E-state index is 0.0336. The second kappa shape index (κ2) is 29.8. The van der Waals surface area contributed by atoms with Crippen LogP contribution in [0.5, 0.6) is 17.2 Å². The topological polar surface area (TPSA) is 407 Å². The number of fused-ring (bicyclic) bond motifs is 1. The summed E-state index contributed by atoms with van der Waals surface area (Å²) in [5.74, 6) is -9.53. The van der Waals surface area contributed by atoms with Crippen molar-refractivity contribution in [2.75, 3.05) is 6.61 Å². The number of phenolic OH excluding ortho intramolecular Hbond substituents is 3. The second-order valence-electron chi connectivity index (χ2n) is 20.7. The zero-order valence-electron chi connectivity index (χ0n) is 45.3. The summed E-state index contributed by atoms with van der Waals surface area (Å²) in [5, 5.41) is 68.9. The first-order chi connectivity index (χ1) is 38.4. The maximum absolute atomic E-state index is 14.6. The number of rotatable bonds is 30. The molecule has 0 radical (unpaired) electrons. The molecule has 1 heterocycles. The van der Waals surface area contributed by atoms with Gasteiger partial charge in [-0.05, 0) is 89.4 Å². The number of carbonyl (C=O) groups excluding carboxylic acids is 8. The Morgan fingerprint density at radius 2 is 0.827 bits per heavy atom. The monoisotopic (exact) mass is 1120 g/mol. The van der Waals surface area contributed by atoms with Crippen molar-refractivity contribution in [3.63, 3.8) is 0 Å². The summed E-state index contributed by atoms with van der Waals surface area (Å²) in [6.07, 6.45) is 0.301. The molecule has 434 valence electrons. The maximum atomic E-state index is 14.6. The first-order valence-electron chi connectivity index (χ1n) is 26.3. The molecule has 0 spiro atoms. The summed E-state index contributed by atoms with van der Waals surface area (Å²) in [4.78, 5) is 126. The lowest BCUT2D eigenvalue weighted by Crippen LogP contribution is -2.61. The second-order valence-corrected chi connectivity index (χ2v) is 20.7. The number of H-pyrrole nitrogens is 1. The van der Waals surface area contributed by atoms with Crippen molar-refractivity contribution in [1.29, 1.82) is 0 Å². The number of aliphatic hydroxyl groups is 1. The molecular formula is C57H72N10O14. The standard InChI is InChI=1S/C57H72N10O14/c1-30(2)21-40(58)50(73)61-43(23-32-9-15-36(69)16-10-32)52(75)65-46(26-35-28-60-41-8-6-5-7-39(35)41)55(78)67-48(29-68)56(79)64-44(24-33-11-17-37(70)18-12-33)53(76)62-42(22-31(3)4)51(74)63-45(25-34-13-19-38(71)20-14-34)54(77)66-47(57(80)81)27-49(59)72/h5-20,28,30-31,40,42-48,60,68-71H,21-27,29,58H2,1-4H3,(H2,59,72)(H,61,73)(H,62,76)(H,63,74)(H,64,79)(H,65,75)(H,66,77)(H,67,78)(H,80,81)/t40-,42-,43-,44-,45-,46-,47-,48-/m0/s1. The first kappa shape index (κ1) is 62.8. The summed E-state index contributed by atoms with van der Waals surface area (Å²) >= 11 is 0.